The van der Waals surface area contributed by atoms with Crippen molar-refractivity contribution in [3.8, 4) is 0 Å². The molecule has 0 saturated heterocycles. The summed E-state index contributed by atoms with van der Waals surface area (Å²) in [5.74, 6) is -1.14. The summed E-state index contributed by atoms with van der Waals surface area (Å²) >= 11 is 11.4. The molecule has 3 aromatic carbocycles. The van der Waals surface area contributed by atoms with E-state index in [1.54, 1.807) is 18.2 Å². The lowest BCUT2D eigenvalue weighted by atomic mass is 10.0. The van der Waals surface area contributed by atoms with Crippen molar-refractivity contribution in [2.75, 3.05) is 24.6 Å². The van der Waals surface area contributed by atoms with Crippen LogP contribution < -0.4 is 22.5 Å². The van der Waals surface area contributed by atoms with Gasteiger partial charge in [0.05, 0.1) is 5.69 Å². The van der Waals surface area contributed by atoms with Gasteiger partial charge in [-0.25, -0.2) is 8.78 Å². The van der Waals surface area contributed by atoms with Crippen LogP contribution in [0.25, 0.3) is 0 Å². The lowest BCUT2D eigenvalue weighted by molar-refractivity contribution is 0.582. The molecule has 0 heterocycles. The van der Waals surface area contributed by atoms with Gasteiger partial charge in [0.1, 0.15) is 11.6 Å². The number of para-hydroxylation sites is 1. The summed E-state index contributed by atoms with van der Waals surface area (Å²) in [5.41, 5.74) is 19.1. The number of nitrogen functional groups attached to an aromatic ring is 1. The van der Waals surface area contributed by atoms with Gasteiger partial charge in [-0.05, 0) is 54.4 Å². The first-order chi connectivity index (χ1) is 16.3. The highest BCUT2D eigenvalue weighted by Crippen LogP contribution is 2.26. The molecule has 7 N–H and O–H groups in total. The van der Waals surface area contributed by atoms with Gasteiger partial charge in [-0.2, -0.15) is 0 Å². The summed E-state index contributed by atoms with van der Waals surface area (Å²) in [4.78, 5) is 0. The zero-order valence-corrected chi connectivity index (χ0v) is 21.8. The predicted octanol–water partition coefficient (Wildman–Crippen LogP) is 7.01. The maximum absolute atomic E-state index is 13.9. The number of hydrogen-bond donors (Lipinski definition) is 4. The summed E-state index contributed by atoms with van der Waals surface area (Å²) in [6, 6.07) is 14.9. The van der Waals surface area contributed by atoms with Gasteiger partial charge in [0, 0.05) is 41.3 Å². The molecule has 3 aromatic rings. The van der Waals surface area contributed by atoms with Crippen LogP contribution in [0.1, 0.15) is 43.9 Å². The molecule has 34 heavy (non-hydrogen) atoms. The van der Waals surface area contributed by atoms with E-state index in [1.165, 1.54) is 13.1 Å². The summed E-state index contributed by atoms with van der Waals surface area (Å²) in [6.07, 6.45) is 1.26. The van der Waals surface area contributed by atoms with Gasteiger partial charge in [-0.15, -0.1) is 0 Å². The van der Waals surface area contributed by atoms with Crippen LogP contribution in [0.3, 0.4) is 0 Å². The van der Waals surface area contributed by atoms with E-state index in [0.717, 1.165) is 23.6 Å². The van der Waals surface area contributed by atoms with Gasteiger partial charge < -0.3 is 22.5 Å². The van der Waals surface area contributed by atoms with Gasteiger partial charge in [-0.3, -0.25) is 0 Å². The monoisotopic (exact) mass is 512 g/mol. The molecule has 188 valence electrons. The van der Waals surface area contributed by atoms with Crippen LogP contribution in [0.2, 0.25) is 10.0 Å². The third-order valence-electron chi connectivity index (χ3n) is 4.36. The van der Waals surface area contributed by atoms with E-state index in [0.29, 0.717) is 46.5 Å². The minimum Gasteiger partial charge on any atom is -0.398 e. The maximum atomic E-state index is 13.9. The number of hydrogen-bond acceptors (Lipinski definition) is 4. The molecule has 0 unspecified atom stereocenters. The Balaban J connectivity index is 0.000000653. The Morgan fingerprint density at radius 1 is 0.882 bits per heavy atom. The highest BCUT2D eigenvalue weighted by atomic mass is 35.5. The number of nitrogens with one attached hydrogen (secondary N) is 1. The van der Waals surface area contributed by atoms with Crippen molar-refractivity contribution in [2.45, 2.75) is 40.2 Å². The average molecular weight is 514 g/mol. The maximum Gasteiger partial charge on any atom is 0.149 e. The summed E-state index contributed by atoms with van der Waals surface area (Å²) < 4.78 is 27.3. The SMILES string of the molecule is CC.CCCNc1c(F)cc(F)cc1Cc1ccccc1N.CN.NCc1ccc(Cl)cc1Cl. The second-order valence-electron chi connectivity index (χ2n) is 6.66. The largest absolute Gasteiger partial charge is 0.398 e. The lowest BCUT2D eigenvalue weighted by Gasteiger charge is -2.14. The fourth-order valence-electron chi connectivity index (χ4n) is 2.80. The molecule has 3 rings (SSSR count). The van der Waals surface area contributed by atoms with Crippen molar-refractivity contribution in [3.05, 3.63) is 93.0 Å². The van der Waals surface area contributed by atoms with E-state index in [4.69, 9.17) is 34.7 Å². The van der Waals surface area contributed by atoms with Gasteiger partial charge >= 0.3 is 0 Å². The molecular formula is C26H36Cl2F2N4. The number of rotatable bonds is 6. The first-order valence-electron chi connectivity index (χ1n) is 11.1. The van der Waals surface area contributed by atoms with E-state index >= 15 is 0 Å². The van der Waals surface area contributed by atoms with E-state index in [9.17, 15) is 8.78 Å². The minimum atomic E-state index is -0.575. The highest BCUT2D eigenvalue weighted by Gasteiger charge is 2.12. The van der Waals surface area contributed by atoms with Crippen LogP contribution in [0.5, 0.6) is 0 Å². The Morgan fingerprint density at radius 3 is 2.09 bits per heavy atom. The number of benzene rings is 3. The van der Waals surface area contributed by atoms with E-state index < -0.39 is 11.6 Å². The molecule has 0 aliphatic rings. The van der Waals surface area contributed by atoms with E-state index in [2.05, 4.69) is 11.1 Å². The zero-order chi connectivity index (χ0) is 26.1. The fraction of sp³-hybridized carbons (Fsp3) is 0.308. The molecule has 0 saturated carbocycles. The normalized spacial score (nSPS) is 9.47. The Bertz CT molecular complexity index is 985. The van der Waals surface area contributed by atoms with Crippen LogP contribution >= 0.6 is 23.2 Å². The lowest BCUT2D eigenvalue weighted by Crippen LogP contribution is -2.07. The molecular weight excluding hydrogens is 477 g/mol. The van der Waals surface area contributed by atoms with Crippen molar-refractivity contribution in [1.29, 1.82) is 0 Å². The number of halogens is 4. The van der Waals surface area contributed by atoms with Gasteiger partial charge in [0.25, 0.3) is 0 Å². The topological polar surface area (TPSA) is 90.1 Å². The van der Waals surface area contributed by atoms with Crippen molar-refractivity contribution in [1.82, 2.24) is 0 Å². The predicted molar refractivity (Wildman–Crippen MR) is 145 cm³/mol. The molecule has 0 radical (unpaired) electrons. The Hall–Kier alpha value is -2.38. The summed E-state index contributed by atoms with van der Waals surface area (Å²) in [7, 11) is 1.50. The average Bonchev–Trinajstić information content (AvgIpc) is 2.83. The van der Waals surface area contributed by atoms with Crippen LogP contribution in [0, 0.1) is 11.6 Å². The molecule has 0 bridgehead atoms. The van der Waals surface area contributed by atoms with Gasteiger partial charge in [-0.1, -0.05) is 68.2 Å². The Labute approximate surface area is 212 Å². The number of nitrogens with two attached hydrogens (primary N) is 3. The molecule has 0 aliphatic heterocycles. The van der Waals surface area contributed by atoms with Crippen molar-refractivity contribution >= 4 is 34.6 Å². The van der Waals surface area contributed by atoms with Crippen molar-refractivity contribution < 1.29 is 8.78 Å². The first kappa shape index (κ1) is 31.6. The molecule has 0 aromatic heterocycles. The quantitative estimate of drug-likeness (QED) is 0.267. The molecule has 8 heteroatoms. The molecule has 0 aliphatic carbocycles. The van der Waals surface area contributed by atoms with Crippen molar-refractivity contribution in [2.24, 2.45) is 11.5 Å². The van der Waals surface area contributed by atoms with Crippen LogP contribution in [-0.2, 0) is 13.0 Å². The molecule has 0 spiro atoms. The summed E-state index contributed by atoms with van der Waals surface area (Å²) in [6.45, 7) is 7.08. The van der Waals surface area contributed by atoms with Crippen LogP contribution in [0.15, 0.2) is 54.6 Å². The Kier molecular flexibility index (Phi) is 16.8. The van der Waals surface area contributed by atoms with Gasteiger partial charge in [0.2, 0.25) is 0 Å². The fourth-order valence-corrected chi connectivity index (χ4v) is 3.29. The Morgan fingerprint density at radius 2 is 1.53 bits per heavy atom. The van der Waals surface area contributed by atoms with E-state index in [-0.39, 0.29) is 0 Å². The van der Waals surface area contributed by atoms with Crippen LogP contribution in [-0.4, -0.2) is 13.6 Å². The second-order valence-corrected chi connectivity index (χ2v) is 7.51. The molecule has 0 fully saturated rings. The third kappa shape index (κ3) is 10.7. The van der Waals surface area contributed by atoms with Crippen molar-refractivity contribution in [3.63, 3.8) is 0 Å². The van der Waals surface area contributed by atoms with Crippen LogP contribution in [0.4, 0.5) is 20.2 Å². The molecule has 4 nitrogen and oxygen atoms in total. The van der Waals surface area contributed by atoms with E-state index in [1.807, 2.05) is 45.0 Å². The zero-order valence-electron chi connectivity index (χ0n) is 20.3. The summed E-state index contributed by atoms with van der Waals surface area (Å²) in [5, 5.41) is 4.29. The standard InChI is InChI=1S/C16H18F2N2.C7H7Cl2N.C2H6.CH5N/c1-2-7-20-16-12(9-13(17)10-14(16)18)8-11-5-3-4-6-15(11)19;8-6-2-1-5(4-10)7(9)3-6;2*1-2/h3-6,9-10,20H,2,7-8,19H2,1H3;1-3H,4,10H2;1-2H3;2H2,1H3. The minimum absolute atomic E-state index is 0.358. The highest BCUT2D eigenvalue weighted by molar-refractivity contribution is 6.35. The first-order valence-corrected chi connectivity index (χ1v) is 11.9. The van der Waals surface area contributed by atoms with Gasteiger partial charge in [0.15, 0.2) is 0 Å². The number of anilines is 2. The second kappa shape index (κ2) is 18.0. The molecule has 0 amide bonds. The molecule has 0 atom stereocenters. The smallest absolute Gasteiger partial charge is 0.149 e. The third-order valence-corrected chi connectivity index (χ3v) is 4.95.